The number of pyridine rings is 1. The van der Waals surface area contributed by atoms with Crippen molar-refractivity contribution in [2.75, 3.05) is 0 Å². The highest BCUT2D eigenvalue weighted by molar-refractivity contribution is 9.10. The lowest BCUT2D eigenvalue weighted by Crippen LogP contribution is -2.40. The minimum atomic E-state index is -4.71. The summed E-state index contributed by atoms with van der Waals surface area (Å²) in [5.74, 6) is -1.74. The molecule has 0 radical (unpaired) electrons. The monoisotopic (exact) mass is 571 g/mol. The number of carbonyl (C=O) groups excluding carboxylic acids is 2. The normalized spacial score (nSPS) is 20.7. The Hall–Kier alpha value is -2.67. The first-order valence-corrected chi connectivity index (χ1v) is 12.7. The largest absolute Gasteiger partial charge is 0.473 e. The van der Waals surface area contributed by atoms with E-state index in [2.05, 4.69) is 31.2 Å². The maximum atomic E-state index is 13.5. The molecule has 3 heterocycles. The molecule has 3 aromatic heterocycles. The average Bonchev–Trinajstić information content (AvgIpc) is 3.43. The van der Waals surface area contributed by atoms with Crippen LogP contribution < -0.4 is 15.8 Å². The third-order valence-corrected chi connectivity index (χ3v) is 7.80. The summed E-state index contributed by atoms with van der Waals surface area (Å²) in [5.41, 5.74) is 5.28. The Morgan fingerprint density at radius 2 is 1.86 bits per heavy atom. The summed E-state index contributed by atoms with van der Waals surface area (Å²) >= 11 is 4.43. The van der Waals surface area contributed by atoms with Gasteiger partial charge in [0.15, 0.2) is 10.6 Å². The number of hydrogen-bond donors (Lipinski definition) is 2. The molecule has 0 spiro atoms. The Morgan fingerprint density at radius 3 is 2.49 bits per heavy atom. The molecule has 0 unspecified atom stereocenters. The Morgan fingerprint density at radius 1 is 1.14 bits per heavy atom. The lowest BCUT2D eigenvalue weighted by molar-refractivity contribution is -0.145. The molecule has 0 saturated heterocycles. The molecule has 2 aliphatic rings. The number of primary amides is 1. The van der Waals surface area contributed by atoms with E-state index in [-0.39, 0.29) is 29.2 Å². The second-order valence-electron chi connectivity index (χ2n) is 8.77. The number of ether oxygens (including phenoxy) is 1. The second-order valence-corrected chi connectivity index (χ2v) is 10.7. The number of halogens is 4. The second kappa shape index (κ2) is 9.08. The standard InChI is InChI=1S/C22H21BrF3N5O3S/c23-11-3-8-14-15(29-21(22(24,25)26)31(14)9-11)18(33)28-12-4-6-13(7-5-12)34-19-16(17(27)32)35-20(30-19)10-1-2-10/h3,8-10,12-13H,1-2,4-7H2,(H2,27,32)(H,28,33). The topological polar surface area (TPSA) is 112 Å². The zero-order valence-corrected chi connectivity index (χ0v) is 20.7. The summed E-state index contributed by atoms with van der Waals surface area (Å²) in [6, 6.07) is 2.74. The lowest BCUT2D eigenvalue weighted by atomic mass is 9.93. The van der Waals surface area contributed by atoms with Crippen molar-refractivity contribution < 1.29 is 27.5 Å². The van der Waals surface area contributed by atoms with E-state index in [4.69, 9.17) is 10.5 Å². The number of fused-ring (bicyclic) bond motifs is 1. The summed E-state index contributed by atoms with van der Waals surface area (Å²) < 4.78 is 47.7. The molecule has 186 valence electrons. The van der Waals surface area contributed by atoms with Crippen molar-refractivity contribution in [1.82, 2.24) is 19.7 Å². The Kier molecular flexibility index (Phi) is 6.24. The van der Waals surface area contributed by atoms with Gasteiger partial charge >= 0.3 is 6.18 Å². The molecular weight excluding hydrogens is 551 g/mol. The highest BCUT2D eigenvalue weighted by atomic mass is 79.9. The fourth-order valence-electron chi connectivity index (χ4n) is 4.23. The Labute approximate surface area is 210 Å². The van der Waals surface area contributed by atoms with Crippen LogP contribution in [0.15, 0.2) is 22.8 Å². The van der Waals surface area contributed by atoms with E-state index >= 15 is 0 Å². The number of imidazole rings is 1. The van der Waals surface area contributed by atoms with Gasteiger partial charge in [-0.3, -0.25) is 14.0 Å². The molecule has 2 aliphatic carbocycles. The molecule has 2 saturated carbocycles. The summed E-state index contributed by atoms with van der Waals surface area (Å²) in [4.78, 5) is 33.1. The third kappa shape index (κ3) is 5.01. The van der Waals surface area contributed by atoms with Crippen LogP contribution in [0.3, 0.4) is 0 Å². The van der Waals surface area contributed by atoms with Gasteiger partial charge in [0.25, 0.3) is 11.8 Å². The number of nitrogens with two attached hydrogens (primary N) is 1. The number of aromatic nitrogens is 3. The molecule has 13 heteroatoms. The molecular formula is C22H21BrF3N5O3S. The maximum absolute atomic E-state index is 13.5. The van der Waals surface area contributed by atoms with Crippen LogP contribution in [-0.2, 0) is 6.18 Å². The fourth-order valence-corrected chi connectivity index (χ4v) is 5.58. The highest BCUT2D eigenvalue weighted by Crippen LogP contribution is 2.44. The number of alkyl halides is 3. The van der Waals surface area contributed by atoms with E-state index < -0.39 is 23.8 Å². The van der Waals surface area contributed by atoms with Gasteiger partial charge in [0, 0.05) is 22.6 Å². The zero-order chi connectivity index (χ0) is 24.9. The number of thiazole rings is 1. The Bertz CT molecular complexity index is 1300. The molecule has 0 aliphatic heterocycles. The van der Waals surface area contributed by atoms with Crippen molar-refractivity contribution in [3.63, 3.8) is 0 Å². The van der Waals surface area contributed by atoms with Gasteiger partial charge in [0.1, 0.15) is 11.1 Å². The summed E-state index contributed by atoms with van der Waals surface area (Å²) in [6.45, 7) is 0. The van der Waals surface area contributed by atoms with E-state index in [0.717, 1.165) is 22.2 Å². The smallest absolute Gasteiger partial charge is 0.450 e. The number of amides is 2. The van der Waals surface area contributed by atoms with E-state index in [1.807, 2.05) is 0 Å². The van der Waals surface area contributed by atoms with Gasteiger partial charge in [-0.1, -0.05) is 0 Å². The zero-order valence-electron chi connectivity index (χ0n) is 18.3. The van der Waals surface area contributed by atoms with Crippen molar-refractivity contribution in [2.24, 2.45) is 5.73 Å². The van der Waals surface area contributed by atoms with Crippen LogP contribution in [0, 0.1) is 0 Å². The van der Waals surface area contributed by atoms with Gasteiger partial charge < -0.3 is 15.8 Å². The molecule has 0 aromatic carbocycles. The minimum absolute atomic E-state index is 0.0732. The van der Waals surface area contributed by atoms with Crippen LogP contribution in [0.4, 0.5) is 13.2 Å². The van der Waals surface area contributed by atoms with Gasteiger partial charge in [-0.2, -0.15) is 13.2 Å². The molecule has 8 nitrogen and oxygen atoms in total. The van der Waals surface area contributed by atoms with Crippen LogP contribution in [0.1, 0.15) is 75.4 Å². The van der Waals surface area contributed by atoms with Gasteiger partial charge in [0.2, 0.25) is 11.7 Å². The summed E-state index contributed by atoms with van der Waals surface area (Å²) in [6.07, 6.45) is 0.713. The third-order valence-electron chi connectivity index (χ3n) is 6.12. The van der Waals surface area contributed by atoms with Crippen LogP contribution >= 0.6 is 27.3 Å². The van der Waals surface area contributed by atoms with Crippen molar-refractivity contribution in [3.8, 4) is 5.88 Å². The Balaban J connectivity index is 1.24. The van der Waals surface area contributed by atoms with Crippen LogP contribution in [0.25, 0.3) is 5.52 Å². The summed E-state index contributed by atoms with van der Waals surface area (Å²) in [5, 5.41) is 3.68. The molecule has 3 aromatic rings. The van der Waals surface area contributed by atoms with Gasteiger partial charge in [-0.05, 0) is 66.6 Å². The predicted octanol–water partition coefficient (Wildman–Crippen LogP) is 4.67. The first kappa shape index (κ1) is 24.0. The van der Waals surface area contributed by atoms with Crippen molar-refractivity contribution in [3.05, 3.63) is 44.2 Å². The van der Waals surface area contributed by atoms with Crippen LogP contribution in [-0.4, -0.2) is 38.3 Å². The molecule has 3 N–H and O–H groups in total. The van der Waals surface area contributed by atoms with Crippen molar-refractivity contribution >= 4 is 44.6 Å². The lowest BCUT2D eigenvalue weighted by Gasteiger charge is -2.29. The van der Waals surface area contributed by atoms with Crippen molar-refractivity contribution in [2.45, 2.75) is 62.8 Å². The first-order valence-electron chi connectivity index (χ1n) is 11.1. The molecule has 0 atom stereocenters. The van der Waals surface area contributed by atoms with Crippen LogP contribution in [0.2, 0.25) is 0 Å². The number of carbonyl (C=O) groups is 2. The molecule has 0 bridgehead atoms. The number of nitrogens with zero attached hydrogens (tertiary/aromatic N) is 3. The van der Waals surface area contributed by atoms with Gasteiger partial charge in [-0.15, -0.1) is 11.3 Å². The predicted molar refractivity (Wildman–Crippen MR) is 125 cm³/mol. The molecule has 35 heavy (non-hydrogen) atoms. The van der Waals surface area contributed by atoms with E-state index in [0.29, 0.717) is 41.0 Å². The maximum Gasteiger partial charge on any atom is 0.450 e. The number of rotatable bonds is 6. The first-order chi connectivity index (χ1) is 16.6. The quantitative estimate of drug-likeness (QED) is 0.446. The number of nitrogens with one attached hydrogen (secondary N) is 1. The van der Waals surface area contributed by atoms with Crippen molar-refractivity contribution in [1.29, 1.82) is 0 Å². The van der Waals surface area contributed by atoms with Gasteiger partial charge in [0.05, 0.1) is 5.52 Å². The van der Waals surface area contributed by atoms with E-state index in [9.17, 15) is 22.8 Å². The SMILES string of the molecule is NC(=O)c1sc(C2CC2)nc1OC1CCC(NC(=O)c2nc(C(F)(F)F)n3cc(Br)ccc23)CC1. The summed E-state index contributed by atoms with van der Waals surface area (Å²) in [7, 11) is 0. The number of hydrogen-bond acceptors (Lipinski definition) is 6. The average molecular weight is 572 g/mol. The fraction of sp³-hybridized carbons (Fsp3) is 0.455. The van der Waals surface area contributed by atoms with Gasteiger partial charge in [-0.25, -0.2) is 9.97 Å². The molecule has 2 amide bonds. The molecule has 5 rings (SSSR count). The highest BCUT2D eigenvalue weighted by Gasteiger charge is 2.38. The van der Waals surface area contributed by atoms with E-state index in [1.54, 1.807) is 6.07 Å². The molecule has 2 fully saturated rings. The van der Waals surface area contributed by atoms with Crippen LogP contribution in [0.5, 0.6) is 5.88 Å². The van der Waals surface area contributed by atoms with E-state index in [1.165, 1.54) is 23.6 Å². The minimum Gasteiger partial charge on any atom is -0.473 e.